The Hall–Kier alpha value is -1.51. The van der Waals surface area contributed by atoms with E-state index in [1.807, 2.05) is 37.3 Å². The fraction of sp³-hybridized carbons (Fsp3) is 0.462. The van der Waals surface area contributed by atoms with Crippen molar-refractivity contribution in [2.75, 3.05) is 11.9 Å². The van der Waals surface area contributed by atoms with E-state index in [0.717, 1.165) is 5.69 Å². The van der Waals surface area contributed by atoms with Gasteiger partial charge >= 0.3 is 6.03 Å². The van der Waals surface area contributed by atoms with Gasteiger partial charge in [0.25, 0.3) is 0 Å². The fourth-order valence-electron chi connectivity index (χ4n) is 1.23. The van der Waals surface area contributed by atoms with E-state index in [1.54, 1.807) is 11.9 Å². The van der Waals surface area contributed by atoms with E-state index >= 15 is 0 Å². The maximum atomic E-state index is 11.9. The first kappa shape index (κ1) is 12.6. The highest BCUT2D eigenvalue weighted by Gasteiger charge is 2.14. The van der Waals surface area contributed by atoms with Crippen LogP contribution in [0.1, 0.15) is 20.8 Å². The Morgan fingerprint density at radius 2 is 1.75 bits per heavy atom. The van der Waals surface area contributed by atoms with Crippen molar-refractivity contribution in [1.29, 1.82) is 0 Å². The molecule has 88 valence electrons. The normalized spacial score (nSPS) is 12.3. The molecule has 0 saturated carbocycles. The summed E-state index contributed by atoms with van der Waals surface area (Å²) in [7, 11) is 1.78. The standard InChI is InChI=1S/C13H20N2O/c1-10(2)11(3)14-13(16)15(4)12-8-6-5-7-9-12/h5-11H,1-4H3,(H,14,16)/t11-/m1/s1. The van der Waals surface area contributed by atoms with E-state index in [-0.39, 0.29) is 12.1 Å². The Labute approximate surface area is 97.5 Å². The van der Waals surface area contributed by atoms with E-state index in [2.05, 4.69) is 19.2 Å². The topological polar surface area (TPSA) is 32.3 Å². The number of hydrogen-bond acceptors (Lipinski definition) is 1. The summed E-state index contributed by atoms with van der Waals surface area (Å²) in [5, 5.41) is 2.96. The number of anilines is 1. The minimum absolute atomic E-state index is 0.0626. The van der Waals surface area contributed by atoms with Gasteiger partial charge in [0.05, 0.1) is 0 Å². The van der Waals surface area contributed by atoms with Gasteiger partial charge in [0.2, 0.25) is 0 Å². The first-order valence-corrected chi connectivity index (χ1v) is 5.61. The van der Waals surface area contributed by atoms with E-state index in [0.29, 0.717) is 5.92 Å². The van der Waals surface area contributed by atoms with Gasteiger partial charge in [-0.25, -0.2) is 4.79 Å². The molecule has 16 heavy (non-hydrogen) atoms. The first-order chi connectivity index (χ1) is 7.52. The van der Waals surface area contributed by atoms with Crippen molar-refractivity contribution in [3.05, 3.63) is 30.3 Å². The highest BCUT2D eigenvalue weighted by molar-refractivity contribution is 5.91. The number of carbonyl (C=O) groups is 1. The fourth-order valence-corrected chi connectivity index (χ4v) is 1.23. The molecule has 0 aliphatic rings. The third kappa shape index (κ3) is 3.26. The molecule has 0 heterocycles. The highest BCUT2D eigenvalue weighted by atomic mass is 16.2. The lowest BCUT2D eigenvalue weighted by Gasteiger charge is -2.23. The zero-order chi connectivity index (χ0) is 12.1. The van der Waals surface area contributed by atoms with Crippen LogP contribution in [0.15, 0.2) is 30.3 Å². The van der Waals surface area contributed by atoms with Gasteiger partial charge in [-0.05, 0) is 25.0 Å². The molecule has 0 aromatic heterocycles. The first-order valence-electron chi connectivity index (χ1n) is 5.61. The van der Waals surface area contributed by atoms with E-state index in [4.69, 9.17) is 0 Å². The van der Waals surface area contributed by atoms with Crippen LogP contribution in [0.5, 0.6) is 0 Å². The van der Waals surface area contributed by atoms with E-state index < -0.39 is 0 Å². The second-order valence-corrected chi connectivity index (χ2v) is 4.38. The molecule has 0 spiro atoms. The van der Waals surface area contributed by atoms with Crippen LogP contribution in [0.4, 0.5) is 10.5 Å². The molecular formula is C13H20N2O. The van der Waals surface area contributed by atoms with Crippen LogP contribution < -0.4 is 10.2 Å². The summed E-state index contributed by atoms with van der Waals surface area (Å²) in [6, 6.07) is 9.73. The van der Waals surface area contributed by atoms with Crippen LogP contribution in [-0.4, -0.2) is 19.1 Å². The average Bonchev–Trinajstić information content (AvgIpc) is 2.28. The smallest absolute Gasteiger partial charge is 0.321 e. The van der Waals surface area contributed by atoms with Gasteiger partial charge in [0.15, 0.2) is 0 Å². The molecule has 0 radical (unpaired) electrons. The van der Waals surface area contributed by atoms with E-state index in [1.165, 1.54) is 0 Å². The van der Waals surface area contributed by atoms with Crippen molar-refractivity contribution in [1.82, 2.24) is 5.32 Å². The third-order valence-electron chi connectivity index (χ3n) is 2.80. The molecule has 3 nitrogen and oxygen atoms in total. The molecule has 0 aliphatic heterocycles. The maximum Gasteiger partial charge on any atom is 0.321 e. The van der Waals surface area contributed by atoms with Crippen LogP contribution in [0, 0.1) is 5.92 Å². The number of benzene rings is 1. The Kier molecular flexibility index (Phi) is 4.35. The van der Waals surface area contributed by atoms with Gasteiger partial charge < -0.3 is 5.32 Å². The van der Waals surface area contributed by atoms with Crippen LogP contribution in [0.25, 0.3) is 0 Å². The van der Waals surface area contributed by atoms with Crippen LogP contribution in [0.2, 0.25) is 0 Å². The van der Waals surface area contributed by atoms with Crippen molar-refractivity contribution in [2.24, 2.45) is 5.92 Å². The van der Waals surface area contributed by atoms with Crippen LogP contribution in [-0.2, 0) is 0 Å². The summed E-state index contributed by atoms with van der Waals surface area (Å²) in [6.07, 6.45) is 0. The Balaban J connectivity index is 2.62. The monoisotopic (exact) mass is 220 g/mol. The molecule has 0 fully saturated rings. The van der Waals surface area contributed by atoms with Crippen molar-refractivity contribution >= 4 is 11.7 Å². The molecule has 0 bridgehead atoms. The number of nitrogens with zero attached hydrogens (tertiary/aromatic N) is 1. The summed E-state index contributed by atoms with van der Waals surface area (Å²) in [5.74, 6) is 0.438. The Bertz CT molecular complexity index is 335. The molecule has 1 N–H and O–H groups in total. The third-order valence-corrected chi connectivity index (χ3v) is 2.80. The minimum atomic E-state index is -0.0626. The molecule has 1 aromatic rings. The summed E-state index contributed by atoms with van der Waals surface area (Å²) in [4.78, 5) is 13.5. The molecule has 3 heteroatoms. The van der Waals surface area contributed by atoms with Crippen molar-refractivity contribution < 1.29 is 4.79 Å². The number of hydrogen-bond donors (Lipinski definition) is 1. The van der Waals surface area contributed by atoms with Crippen molar-refractivity contribution in [2.45, 2.75) is 26.8 Å². The minimum Gasteiger partial charge on any atom is -0.335 e. The number of amides is 2. The molecule has 1 atom stereocenters. The van der Waals surface area contributed by atoms with Gasteiger partial charge in [0.1, 0.15) is 0 Å². The predicted octanol–water partition coefficient (Wildman–Crippen LogP) is 2.88. The van der Waals surface area contributed by atoms with Crippen molar-refractivity contribution in [3.8, 4) is 0 Å². The Morgan fingerprint density at radius 1 is 1.19 bits per heavy atom. The summed E-state index contributed by atoms with van der Waals surface area (Å²) < 4.78 is 0. The van der Waals surface area contributed by atoms with Crippen LogP contribution >= 0.6 is 0 Å². The average molecular weight is 220 g/mol. The molecule has 2 amide bonds. The zero-order valence-corrected chi connectivity index (χ0v) is 10.4. The quantitative estimate of drug-likeness (QED) is 0.834. The molecule has 1 rings (SSSR count). The van der Waals surface area contributed by atoms with E-state index in [9.17, 15) is 4.79 Å². The second kappa shape index (κ2) is 5.54. The van der Waals surface area contributed by atoms with Gasteiger partial charge in [-0.15, -0.1) is 0 Å². The van der Waals surface area contributed by atoms with Gasteiger partial charge in [-0.3, -0.25) is 4.90 Å². The lowest BCUT2D eigenvalue weighted by molar-refractivity contribution is 0.241. The second-order valence-electron chi connectivity index (χ2n) is 4.38. The maximum absolute atomic E-state index is 11.9. The van der Waals surface area contributed by atoms with Gasteiger partial charge in [0, 0.05) is 18.8 Å². The SMILES string of the molecule is CC(C)[C@@H](C)NC(=O)N(C)c1ccccc1. The molecule has 0 unspecified atom stereocenters. The van der Waals surface area contributed by atoms with Gasteiger partial charge in [-0.1, -0.05) is 32.0 Å². The molecule has 1 aromatic carbocycles. The lowest BCUT2D eigenvalue weighted by Crippen LogP contribution is -2.44. The van der Waals surface area contributed by atoms with Crippen molar-refractivity contribution in [3.63, 3.8) is 0 Å². The van der Waals surface area contributed by atoms with Crippen LogP contribution in [0.3, 0.4) is 0 Å². The number of carbonyl (C=O) groups excluding carboxylic acids is 1. The number of rotatable bonds is 3. The summed E-state index contributed by atoms with van der Waals surface area (Å²) in [6.45, 7) is 6.20. The zero-order valence-electron chi connectivity index (χ0n) is 10.4. The Morgan fingerprint density at radius 3 is 2.25 bits per heavy atom. The largest absolute Gasteiger partial charge is 0.335 e. The molecule has 0 aliphatic carbocycles. The lowest BCUT2D eigenvalue weighted by atomic mass is 10.1. The molecule has 0 saturated heterocycles. The summed E-state index contributed by atoms with van der Waals surface area (Å²) in [5.41, 5.74) is 0.899. The predicted molar refractivity (Wildman–Crippen MR) is 67.7 cm³/mol. The number of nitrogens with one attached hydrogen (secondary N) is 1. The summed E-state index contributed by atoms with van der Waals surface area (Å²) >= 11 is 0. The van der Waals surface area contributed by atoms with Gasteiger partial charge in [-0.2, -0.15) is 0 Å². The molecular weight excluding hydrogens is 200 g/mol. The highest BCUT2D eigenvalue weighted by Crippen LogP contribution is 2.11. The number of para-hydroxylation sites is 1. The number of urea groups is 1.